The predicted molar refractivity (Wildman–Crippen MR) is 266 cm³/mol. The molecule has 0 fully saturated rings. The van der Waals surface area contributed by atoms with Crippen molar-refractivity contribution in [3.05, 3.63) is 237 Å². The third kappa shape index (κ3) is 6.41. The number of hydrogen-bond acceptors (Lipinski definition) is 1. The van der Waals surface area contributed by atoms with Crippen LogP contribution < -0.4 is 0 Å². The van der Waals surface area contributed by atoms with Crippen molar-refractivity contribution in [3.8, 4) is 72.4 Å². The number of benzene rings is 10. The molecule has 2 heteroatoms. The first kappa shape index (κ1) is 36.1. The molecule has 0 aliphatic carbocycles. The molecule has 290 valence electrons. The van der Waals surface area contributed by atoms with Crippen molar-refractivity contribution in [1.82, 2.24) is 4.57 Å². The van der Waals surface area contributed by atoms with Crippen LogP contribution in [0, 0.1) is 0 Å². The molecule has 0 aliphatic rings. The van der Waals surface area contributed by atoms with Gasteiger partial charge in [-0.05, 0) is 146 Å². The molecule has 2 aromatic heterocycles. The second-order valence-electron chi connectivity index (χ2n) is 16.1. The molecule has 0 saturated carbocycles. The molecule has 0 unspecified atom stereocenters. The molecule has 12 aromatic rings. The van der Waals surface area contributed by atoms with Crippen LogP contribution in [0.5, 0.6) is 0 Å². The first-order valence-electron chi connectivity index (χ1n) is 21.2. The minimum absolute atomic E-state index is 1.16. The Morgan fingerprint density at radius 1 is 0.226 bits per heavy atom. The lowest BCUT2D eigenvalue weighted by molar-refractivity contribution is 1.18. The largest absolute Gasteiger partial charge is 0.309 e. The molecular weight excluding hydrogens is 767 g/mol. The number of fused-ring (bicyclic) bond motifs is 6. The van der Waals surface area contributed by atoms with E-state index in [1.54, 1.807) is 0 Å². The lowest BCUT2D eigenvalue weighted by atomic mass is 9.91. The summed E-state index contributed by atoms with van der Waals surface area (Å²) in [6.45, 7) is 0. The summed E-state index contributed by atoms with van der Waals surface area (Å²) in [4.78, 5) is 0. The molecule has 0 bridgehead atoms. The summed E-state index contributed by atoms with van der Waals surface area (Å²) in [5, 5.41) is 5.07. The summed E-state index contributed by atoms with van der Waals surface area (Å²) in [5.74, 6) is 0. The monoisotopic (exact) mass is 805 g/mol. The maximum atomic E-state index is 2.41. The highest BCUT2D eigenvalue weighted by Gasteiger charge is 2.17. The molecule has 62 heavy (non-hydrogen) atoms. The fourth-order valence-corrected chi connectivity index (χ4v) is 10.3. The van der Waals surface area contributed by atoms with Gasteiger partial charge in [-0.3, -0.25) is 0 Å². The van der Waals surface area contributed by atoms with Crippen LogP contribution >= 0.6 is 11.3 Å². The number of aromatic nitrogens is 1. The fraction of sp³-hybridized carbons (Fsp3) is 0. The van der Waals surface area contributed by atoms with Crippen LogP contribution in [0.3, 0.4) is 0 Å². The predicted octanol–water partition coefficient (Wildman–Crippen LogP) is 17.2. The van der Waals surface area contributed by atoms with Crippen molar-refractivity contribution in [3.63, 3.8) is 0 Å². The third-order valence-electron chi connectivity index (χ3n) is 12.4. The van der Waals surface area contributed by atoms with Crippen molar-refractivity contribution >= 4 is 53.3 Å². The van der Waals surface area contributed by atoms with Crippen molar-refractivity contribution in [2.24, 2.45) is 0 Å². The zero-order chi connectivity index (χ0) is 41.0. The van der Waals surface area contributed by atoms with E-state index in [1.807, 2.05) is 11.3 Å². The summed E-state index contributed by atoms with van der Waals surface area (Å²) >= 11 is 1.87. The lowest BCUT2D eigenvalue weighted by Gasteiger charge is -2.13. The van der Waals surface area contributed by atoms with Crippen LogP contribution in [-0.4, -0.2) is 4.57 Å². The van der Waals surface area contributed by atoms with Crippen LogP contribution in [-0.2, 0) is 0 Å². The maximum absolute atomic E-state index is 2.41. The highest BCUT2D eigenvalue weighted by atomic mass is 32.1. The number of para-hydroxylation sites is 1. The van der Waals surface area contributed by atoms with Gasteiger partial charge in [-0.25, -0.2) is 0 Å². The van der Waals surface area contributed by atoms with Crippen molar-refractivity contribution in [2.75, 3.05) is 0 Å². The Morgan fingerprint density at radius 2 is 0.532 bits per heavy atom. The first-order chi connectivity index (χ1) is 30.7. The SMILES string of the molecule is c1ccc(-c2ccc(-c3cc(-c4ccc5sc6ccc(-c7ccccc7)cc6c5c4)cc(-c4ccc5c(c4)c4cc(-c6ccccc6)ccc4n5-c4ccccc4)c3)cc2)cc1. The molecule has 0 saturated heterocycles. The lowest BCUT2D eigenvalue weighted by Crippen LogP contribution is -1.93. The molecule has 0 atom stereocenters. The molecular formula is C60H39NS. The normalized spacial score (nSPS) is 11.5. The standard InChI is InChI=1S/C60H39NS/c1-5-13-40(14-6-1)43-21-23-44(24-22-43)49-33-50(35-51(34-49)48-28-32-60-56(39-48)55-38-46(27-31-59(55)62-60)42-17-9-3-10-18-42)47-26-30-58-54(37-47)53-36-45(41-15-7-2-8-16-41)25-29-57(53)61(58)52-19-11-4-12-20-52/h1-39H. The summed E-state index contributed by atoms with van der Waals surface area (Å²) in [6, 6.07) is 86.8. The Hall–Kier alpha value is -7.78. The number of hydrogen-bond donors (Lipinski definition) is 0. The average molecular weight is 806 g/mol. The molecule has 0 radical (unpaired) electrons. The molecule has 0 N–H and O–H groups in total. The third-order valence-corrected chi connectivity index (χ3v) is 13.5. The quantitative estimate of drug-likeness (QED) is 0.151. The van der Waals surface area contributed by atoms with Gasteiger partial charge in [0.05, 0.1) is 11.0 Å². The molecule has 12 rings (SSSR count). The van der Waals surface area contributed by atoms with Crippen LogP contribution in [0.15, 0.2) is 237 Å². The van der Waals surface area contributed by atoms with Gasteiger partial charge in [-0.2, -0.15) is 0 Å². The Bertz CT molecular complexity index is 3580. The Balaban J connectivity index is 1.05. The number of rotatable bonds is 7. The van der Waals surface area contributed by atoms with E-state index in [0.717, 1.165) is 5.69 Å². The van der Waals surface area contributed by atoms with Gasteiger partial charge in [-0.15, -0.1) is 11.3 Å². The van der Waals surface area contributed by atoms with Gasteiger partial charge >= 0.3 is 0 Å². The summed E-state index contributed by atoms with van der Waals surface area (Å²) in [7, 11) is 0. The van der Waals surface area contributed by atoms with Gasteiger partial charge in [0.15, 0.2) is 0 Å². The molecule has 0 amide bonds. The summed E-state index contributed by atoms with van der Waals surface area (Å²) in [6.07, 6.45) is 0. The van der Waals surface area contributed by atoms with E-state index < -0.39 is 0 Å². The first-order valence-corrected chi connectivity index (χ1v) is 22.0. The van der Waals surface area contributed by atoms with E-state index in [4.69, 9.17) is 0 Å². The van der Waals surface area contributed by atoms with Crippen LogP contribution in [0.1, 0.15) is 0 Å². The minimum Gasteiger partial charge on any atom is -0.309 e. The molecule has 0 spiro atoms. The van der Waals surface area contributed by atoms with Gasteiger partial charge in [-0.1, -0.05) is 158 Å². The highest BCUT2D eigenvalue weighted by Crippen LogP contribution is 2.42. The average Bonchev–Trinajstić information content (AvgIpc) is 3.89. The van der Waals surface area contributed by atoms with Gasteiger partial charge in [0.1, 0.15) is 0 Å². The van der Waals surface area contributed by atoms with Crippen LogP contribution in [0.25, 0.3) is 114 Å². The van der Waals surface area contributed by atoms with Gasteiger partial charge < -0.3 is 4.57 Å². The van der Waals surface area contributed by atoms with Crippen molar-refractivity contribution in [2.45, 2.75) is 0 Å². The van der Waals surface area contributed by atoms with Gasteiger partial charge in [0.25, 0.3) is 0 Å². The number of nitrogens with zero attached hydrogens (tertiary/aromatic N) is 1. The van der Waals surface area contributed by atoms with Crippen LogP contribution in [0.4, 0.5) is 0 Å². The zero-order valence-corrected chi connectivity index (χ0v) is 34.7. The smallest absolute Gasteiger partial charge is 0.0541 e. The van der Waals surface area contributed by atoms with E-state index in [0.29, 0.717) is 0 Å². The summed E-state index contributed by atoms with van der Waals surface area (Å²) < 4.78 is 5.02. The summed E-state index contributed by atoms with van der Waals surface area (Å²) in [5.41, 5.74) is 18.1. The van der Waals surface area contributed by atoms with Crippen molar-refractivity contribution < 1.29 is 0 Å². The molecule has 1 nitrogen and oxygen atoms in total. The zero-order valence-electron chi connectivity index (χ0n) is 33.9. The molecule has 0 aliphatic heterocycles. The Kier molecular flexibility index (Phi) is 8.76. The number of thiophene rings is 1. The van der Waals surface area contributed by atoms with Gasteiger partial charge in [0.2, 0.25) is 0 Å². The van der Waals surface area contributed by atoms with E-state index in [-0.39, 0.29) is 0 Å². The highest BCUT2D eigenvalue weighted by molar-refractivity contribution is 7.25. The molecule has 2 heterocycles. The minimum atomic E-state index is 1.16. The van der Waals surface area contributed by atoms with E-state index >= 15 is 0 Å². The van der Waals surface area contributed by atoms with E-state index in [1.165, 1.54) is 109 Å². The second-order valence-corrected chi connectivity index (χ2v) is 17.2. The second kappa shape index (κ2) is 15.0. The Morgan fingerprint density at radius 3 is 0.984 bits per heavy atom. The van der Waals surface area contributed by atoms with Crippen molar-refractivity contribution in [1.29, 1.82) is 0 Å². The maximum Gasteiger partial charge on any atom is 0.0541 e. The van der Waals surface area contributed by atoms with E-state index in [2.05, 4.69) is 241 Å². The topological polar surface area (TPSA) is 4.93 Å². The fourth-order valence-electron chi connectivity index (χ4n) is 9.25. The van der Waals surface area contributed by atoms with Gasteiger partial charge in [0, 0.05) is 36.6 Å². The molecule has 10 aromatic carbocycles. The Labute approximate surface area is 365 Å². The van der Waals surface area contributed by atoms with Crippen LogP contribution in [0.2, 0.25) is 0 Å². The van der Waals surface area contributed by atoms with E-state index in [9.17, 15) is 0 Å².